The van der Waals surface area contributed by atoms with Crippen LogP contribution in [0.25, 0.3) is 0 Å². The first-order valence-electron chi connectivity index (χ1n) is 10.1. The molecule has 1 aliphatic heterocycles. The van der Waals surface area contributed by atoms with E-state index in [0.717, 1.165) is 5.75 Å². The summed E-state index contributed by atoms with van der Waals surface area (Å²) < 4.78 is 35.4. The number of alkyl halides is 2. The van der Waals surface area contributed by atoms with Gasteiger partial charge in [-0.05, 0) is 54.6 Å². The van der Waals surface area contributed by atoms with Gasteiger partial charge in [-0.2, -0.15) is 8.78 Å². The summed E-state index contributed by atoms with van der Waals surface area (Å²) in [7, 11) is 2.00. The van der Waals surface area contributed by atoms with Crippen molar-refractivity contribution in [1.29, 1.82) is 0 Å². The standard InChI is InChI=1S/C25H25F2NO3/c1-24(16-28(2)17-24)25(29,19-10-14-22(15-11-19)31-23(26)27)18-8-12-21(13-9-18)30-20-6-4-3-5-7-20/h3-15,23,29H,16-17H2,1-2H3/t25-/m1/s1. The molecule has 1 heterocycles. The quantitative estimate of drug-likeness (QED) is 0.560. The third-order valence-corrected chi connectivity index (χ3v) is 5.86. The second-order valence-electron chi connectivity index (χ2n) is 8.29. The molecule has 0 radical (unpaired) electrons. The van der Waals surface area contributed by atoms with E-state index in [1.807, 2.05) is 68.6 Å². The highest BCUT2D eigenvalue weighted by atomic mass is 19.3. The van der Waals surface area contributed by atoms with Gasteiger partial charge in [0.25, 0.3) is 0 Å². The molecule has 1 atom stereocenters. The van der Waals surface area contributed by atoms with Crippen LogP contribution < -0.4 is 9.47 Å². The molecule has 0 aliphatic carbocycles. The molecule has 162 valence electrons. The van der Waals surface area contributed by atoms with Crippen LogP contribution in [0.5, 0.6) is 17.2 Å². The summed E-state index contributed by atoms with van der Waals surface area (Å²) in [6, 6.07) is 23.1. The number of para-hydroxylation sites is 1. The van der Waals surface area contributed by atoms with Crippen LogP contribution in [0.15, 0.2) is 78.9 Å². The van der Waals surface area contributed by atoms with Gasteiger partial charge < -0.3 is 19.5 Å². The van der Waals surface area contributed by atoms with E-state index in [2.05, 4.69) is 9.64 Å². The number of ether oxygens (including phenoxy) is 2. The number of benzene rings is 3. The fourth-order valence-corrected chi connectivity index (χ4v) is 4.50. The Morgan fingerprint density at radius 2 is 1.32 bits per heavy atom. The highest BCUT2D eigenvalue weighted by molar-refractivity contribution is 5.44. The molecule has 0 spiro atoms. The zero-order valence-corrected chi connectivity index (χ0v) is 17.5. The fourth-order valence-electron chi connectivity index (χ4n) is 4.50. The fraction of sp³-hybridized carbons (Fsp3) is 0.280. The number of rotatable bonds is 7. The Morgan fingerprint density at radius 1 is 0.839 bits per heavy atom. The maximum Gasteiger partial charge on any atom is 0.387 e. The van der Waals surface area contributed by atoms with Crippen molar-refractivity contribution in [2.75, 3.05) is 20.1 Å². The summed E-state index contributed by atoms with van der Waals surface area (Å²) >= 11 is 0. The molecule has 3 aromatic carbocycles. The molecule has 0 saturated carbocycles. The van der Waals surface area contributed by atoms with E-state index in [-0.39, 0.29) is 5.75 Å². The van der Waals surface area contributed by atoms with Crippen LogP contribution in [0.2, 0.25) is 0 Å². The van der Waals surface area contributed by atoms with Crippen molar-refractivity contribution in [1.82, 2.24) is 4.90 Å². The third-order valence-electron chi connectivity index (χ3n) is 5.86. The summed E-state index contributed by atoms with van der Waals surface area (Å²) in [5, 5.41) is 12.0. The number of hydrogen-bond acceptors (Lipinski definition) is 4. The van der Waals surface area contributed by atoms with Crippen molar-refractivity contribution < 1.29 is 23.4 Å². The molecule has 3 aromatic rings. The van der Waals surface area contributed by atoms with Crippen LogP contribution in [0.1, 0.15) is 18.1 Å². The van der Waals surface area contributed by atoms with Crippen LogP contribution in [0.4, 0.5) is 8.78 Å². The van der Waals surface area contributed by atoms with Crippen molar-refractivity contribution >= 4 is 0 Å². The maximum atomic E-state index is 12.5. The predicted molar refractivity (Wildman–Crippen MR) is 115 cm³/mol. The second kappa shape index (κ2) is 8.29. The molecule has 0 unspecified atom stereocenters. The van der Waals surface area contributed by atoms with Crippen molar-refractivity contribution in [2.24, 2.45) is 5.41 Å². The Labute approximate surface area is 180 Å². The van der Waals surface area contributed by atoms with Gasteiger partial charge in [-0.15, -0.1) is 0 Å². The lowest BCUT2D eigenvalue weighted by Gasteiger charge is -2.56. The Bertz CT molecular complexity index is 1000. The van der Waals surface area contributed by atoms with Crippen LogP contribution in [0.3, 0.4) is 0 Å². The lowest BCUT2D eigenvalue weighted by molar-refractivity contribution is -0.127. The van der Waals surface area contributed by atoms with Crippen LogP contribution in [-0.2, 0) is 5.60 Å². The van der Waals surface area contributed by atoms with Crippen molar-refractivity contribution in [3.8, 4) is 17.2 Å². The van der Waals surface area contributed by atoms with Gasteiger partial charge in [0.15, 0.2) is 0 Å². The molecule has 1 aliphatic rings. The Kier molecular flexibility index (Phi) is 5.69. The van der Waals surface area contributed by atoms with Gasteiger partial charge in [0.2, 0.25) is 0 Å². The van der Waals surface area contributed by atoms with E-state index in [4.69, 9.17) is 4.74 Å². The molecule has 4 rings (SSSR count). The van der Waals surface area contributed by atoms with Gasteiger partial charge in [-0.25, -0.2) is 0 Å². The van der Waals surface area contributed by atoms with E-state index in [0.29, 0.717) is 30.0 Å². The smallest absolute Gasteiger partial charge is 0.387 e. The first-order chi connectivity index (χ1) is 14.8. The first-order valence-corrected chi connectivity index (χ1v) is 10.1. The second-order valence-corrected chi connectivity index (χ2v) is 8.29. The first kappa shape index (κ1) is 21.3. The third kappa shape index (κ3) is 4.13. The van der Waals surface area contributed by atoms with Gasteiger partial charge in [-0.3, -0.25) is 0 Å². The minimum Gasteiger partial charge on any atom is -0.457 e. The van der Waals surface area contributed by atoms with E-state index >= 15 is 0 Å². The molecule has 1 N–H and O–H groups in total. The van der Waals surface area contributed by atoms with E-state index in [9.17, 15) is 13.9 Å². The van der Waals surface area contributed by atoms with Gasteiger partial charge in [0, 0.05) is 18.5 Å². The van der Waals surface area contributed by atoms with Crippen LogP contribution in [0, 0.1) is 5.41 Å². The van der Waals surface area contributed by atoms with Crippen molar-refractivity contribution in [2.45, 2.75) is 19.1 Å². The van der Waals surface area contributed by atoms with E-state index in [1.54, 1.807) is 12.1 Å². The Balaban J connectivity index is 1.67. The zero-order chi connectivity index (χ0) is 22.1. The molecular formula is C25H25F2NO3. The predicted octanol–water partition coefficient (Wildman–Crippen LogP) is 5.27. The normalized spacial score (nSPS) is 17.6. The van der Waals surface area contributed by atoms with Gasteiger partial charge >= 0.3 is 6.61 Å². The molecule has 4 nitrogen and oxygen atoms in total. The molecule has 0 amide bonds. The Morgan fingerprint density at radius 3 is 1.81 bits per heavy atom. The zero-order valence-electron chi connectivity index (χ0n) is 17.5. The summed E-state index contributed by atoms with van der Waals surface area (Å²) in [6.45, 7) is 0.534. The lowest BCUT2D eigenvalue weighted by atomic mass is 9.62. The molecule has 1 fully saturated rings. The number of aliphatic hydroxyl groups is 1. The topological polar surface area (TPSA) is 41.9 Å². The highest BCUT2D eigenvalue weighted by Crippen LogP contribution is 2.50. The van der Waals surface area contributed by atoms with Crippen molar-refractivity contribution in [3.63, 3.8) is 0 Å². The highest BCUT2D eigenvalue weighted by Gasteiger charge is 2.55. The summed E-state index contributed by atoms with van der Waals surface area (Å²) in [6.07, 6.45) is 0. The maximum absolute atomic E-state index is 12.5. The van der Waals surface area contributed by atoms with E-state index in [1.165, 1.54) is 12.1 Å². The van der Waals surface area contributed by atoms with Gasteiger partial charge in [0.05, 0.1) is 0 Å². The van der Waals surface area contributed by atoms with Crippen molar-refractivity contribution in [3.05, 3.63) is 90.0 Å². The number of nitrogens with zero attached hydrogens (tertiary/aromatic N) is 1. The SMILES string of the molecule is CN1CC(C)([C@@](O)(c2ccc(Oc3ccccc3)cc2)c2ccc(OC(F)F)cc2)C1. The molecule has 1 saturated heterocycles. The van der Waals surface area contributed by atoms with E-state index < -0.39 is 17.6 Å². The summed E-state index contributed by atoms with van der Waals surface area (Å²) in [5.41, 5.74) is -0.421. The summed E-state index contributed by atoms with van der Waals surface area (Å²) in [4.78, 5) is 2.13. The summed E-state index contributed by atoms with van der Waals surface area (Å²) in [5.74, 6) is 1.45. The number of likely N-dealkylation sites (tertiary alicyclic amines) is 1. The number of halogens is 2. The molecule has 31 heavy (non-hydrogen) atoms. The Hall–Kier alpha value is -2.96. The lowest BCUT2D eigenvalue weighted by Crippen LogP contribution is -2.63. The minimum absolute atomic E-state index is 0.0589. The van der Waals surface area contributed by atoms with Crippen LogP contribution in [-0.4, -0.2) is 36.8 Å². The molecule has 0 aromatic heterocycles. The molecular weight excluding hydrogens is 400 g/mol. The monoisotopic (exact) mass is 425 g/mol. The van der Waals surface area contributed by atoms with Gasteiger partial charge in [0.1, 0.15) is 22.8 Å². The average Bonchev–Trinajstić information content (AvgIpc) is 2.73. The molecule has 6 heteroatoms. The minimum atomic E-state index is -2.89. The molecule has 0 bridgehead atoms. The number of hydrogen-bond donors (Lipinski definition) is 1. The van der Waals surface area contributed by atoms with Crippen LogP contribution >= 0.6 is 0 Å². The van der Waals surface area contributed by atoms with Gasteiger partial charge in [-0.1, -0.05) is 49.4 Å². The largest absolute Gasteiger partial charge is 0.457 e. The average molecular weight is 425 g/mol.